The van der Waals surface area contributed by atoms with Crippen LogP contribution in [0, 0.1) is 12.8 Å². The van der Waals surface area contributed by atoms with Crippen LogP contribution >= 0.6 is 0 Å². The van der Waals surface area contributed by atoms with E-state index in [1.54, 1.807) is 23.4 Å². The molecule has 0 saturated carbocycles. The van der Waals surface area contributed by atoms with Crippen molar-refractivity contribution in [2.75, 3.05) is 13.1 Å². The first-order valence-electron chi connectivity index (χ1n) is 10.2. The van der Waals surface area contributed by atoms with Gasteiger partial charge < -0.3 is 10.2 Å². The van der Waals surface area contributed by atoms with Crippen LogP contribution in [0.5, 0.6) is 0 Å². The van der Waals surface area contributed by atoms with Gasteiger partial charge in [-0.15, -0.1) is 0 Å². The van der Waals surface area contributed by atoms with Crippen molar-refractivity contribution in [2.24, 2.45) is 5.92 Å². The van der Waals surface area contributed by atoms with Gasteiger partial charge in [0, 0.05) is 43.5 Å². The summed E-state index contributed by atoms with van der Waals surface area (Å²) >= 11 is 0. The van der Waals surface area contributed by atoms with E-state index in [0.717, 1.165) is 11.1 Å². The third-order valence-corrected chi connectivity index (χ3v) is 5.52. The van der Waals surface area contributed by atoms with Gasteiger partial charge >= 0.3 is 0 Å². The van der Waals surface area contributed by atoms with Crippen molar-refractivity contribution < 1.29 is 9.59 Å². The number of benzene rings is 1. The Kier molecular flexibility index (Phi) is 5.88. The maximum Gasteiger partial charge on any atom is 0.271 e. The van der Waals surface area contributed by atoms with E-state index in [1.807, 2.05) is 43.3 Å². The molecule has 3 heterocycles. The largest absolute Gasteiger partial charge is 0.352 e. The van der Waals surface area contributed by atoms with Crippen LogP contribution < -0.4 is 5.32 Å². The molecule has 154 valence electrons. The van der Waals surface area contributed by atoms with Crippen LogP contribution in [-0.4, -0.2) is 45.0 Å². The Morgan fingerprint density at radius 1 is 1.10 bits per heavy atom. The molecule has 2 N–H and O–H groups in total. The molecule has 1 aromatic carbocycles. The van der Waals surface area contributed by atoms with Gasteiger partial charge in [0.2, 0.25) is 5.91 Å². The van der Waals surface area contributed by atoms with Gasteiger partial charge in [-0.3, -0.25) is 19.7 Å². The molecule has 1 fully saturated rings. The number of aryl methyl sites for hydroxylation is 1. The fourth-order valence-corrected chi connectivity index (χ4v) is 3.66. The molecule has 0 bridgehead atoms. The number of hydrogen-bond acceptors (Lipinski definition) is 4. The van der Waals surface area contributed by atoms with E-state index < -0.39 is 0 Å². The summed E-state index contributed by atoms with van der Waals surface area (Å²) in [7, 11) is 0. The van der Waals surface area contributed by atoms with Crippen molar-refractivity contribution in [3.8, 4) is 11.3 Å². The minimum absolute atomic E-state index is 0.0594. The van der Waals surface area contributed by atoms with Gasteiger partial charge in [-0.2, -0.15) is 5.10 Å². The zero-order valence-corrected chi connectivity index (χ0v) is 17.0. The zero-order valence-electron chi connectivity index (χ0n) is 17.0. The smallest absolute Gasteiger partial charge is 0.271 e. The van der Waals surface area contributed by atoms with Crippen molar-refractivity contribution in [1.82, 2.24) is 25.4 Å². The molecule has 7 heteroatoms. The van der Waals surface area contributed by atoms with Gasteiger partial charge in [0.15, 0.2) is 0 Å². The molecule has 2 amide bonds. The summed E-state index contributed by atoms with van der Waals surface area (Å²) in [6.07, 6.45) is 4.72. The summed E-state index contributed by atoms with van der Waals surface area (Å²) < 4.78 is 0. The maximum absolute atomic E-state index is 12.8. The highest BCUT2D eigenvalue weighted by molar-refractivity contribution is 5.93. The number of H-pyrrole nitrogens is 1. The minimum atomic E-state index is -0.0821. The van der Waals surface area contributed by atoms with E-state index in [9.17, 15) is 9.59 Å². The summed E-state index contributed by atoms with van der Waals surface area (Å²) in [5.41, 5.74) is 4.37. The number of carbonyl (C=O) groups is 2. The maximum atomic E-state index is 12.8. The van der Waals surface area contributed by atoms with Gasteiger partial charge in [-0.25, -0.2) is 0 Å². The number of hydrogen-bond donors (Lipinski definition) is 2. The molecule has 2 aromatic heterocycles. The molecule has 30 heavy (non-hydrogen) atoms. The van der Waals surface area contributed by atoms with Crippen molar-refractivity contribution in [2.45, 2.75) is 26.3 Å². The molecule has 3 aromatic rings. The fraction of sp³-hybridized carbons (Fsp3) is 0.304. The Morgan fingerprint density at radius 2 is 1.80 bits per heavy atom. The second kappa shape index (κ2) is 8.90. The minimum Gasteiger partial charge on any atom is -0.352 e. The standard InChI is InChI=1S/C23H25N5O2/c1-16-2-4-17(5-3-16)15-25-22(29)19-8-12-28(13-9-19)23(30)21-14-20(26-27-21)18-6-10-24-11-7-18/h2-7,10-11,14,19H,8-9,12-13,15H2,1H3,(H,25,29)(H,26,27). The topological polar surface area (TPSA) is 91.0 Å². The van der Waals surface area contributed by atoms with Crippen LogP contribution in [0.15, 0.2) is 54.9 Å². The Hall–Kier alpha value is -3.48. The SMILES string of the molecule is Cc1ccc(CNC(=O)C2CCN(C(=O)c3cc(-c4ccncc4)n[nH]3)CC2)cc1. The predicted molar refractivity (Wildman–Crippen MR) is 113 cm³/mol. The van der Waals surface area contributed by atoms with Crippen LogP contribution in [0.1, 0.15) is 34.5 Å². The number of aromatic amines is 1. The molecule has 0 radical (unpaired) electrons. The van der Waals surface area contributed by atoms with Gasteiger partial charge in [-0.05, 0) is 43.5 Å². The van der Waals surface area contributed by atoms with Crippen molar-refractivity contribution >= 4 is 11.8 Å². The quantitative estimate of drug-likeness (QED) is 0.685. The van der Waals surface area contributed by atoms with Gasteiger partial charge in [0.1, 0.15) is 5.69 Å². The summed E-state index contributed by atoms with van der Waals surface area (Å²) in [4.78, 5) is 31.1. The Bertz CT molecular complexity index is 1010. The molecule has 1 saturated heterocycles. The number of aromatic nitrogens is 3. The van der Waals surface area contributed by atoms with Crippen LogP contribution in [0.3, 0.4) is 0 Å². The average Bonchev–Trinajstić information content (AvgIpc) is 3.29. The molecule has 1 aliphatic rings. The molecular formula is C23H25N5O2. The highest BCUT2D eigenvalue weighted by Gasteiger charge is 2.28. The van der Waals surface area contributed by atoms with Gasteiger partial charge in [0.25, 0.3) is 5.91 Å². The zero-order chi connectivity index (χ0) is 20.9. The predicted octanol–water partition coefficient (Wildman–Crippen LogP) is 2.95. The number of piperidine rings is 1. The number of nitrogens with zero attached hydrogens (tertiary/aromatic N) is 3. The summed E-state index contributed by atoms with van der Waals surface area (Å²) in [5.74, 6) is -0.0841. The van der Waals surface area contributed by atoms with E-state index in [1.165, 1.54) is 5.56 Å². The number of pyridine rings is 1. The Balaban J connectivity index is 1.28. The Morgan fingerprint density at radius 3 is 2.50 bits per heavy atom. The third kappa shape index (κ3) is 4.56. The number of carbonyl (C=O) groups excluding carboxylic acids is 2. The van der Waals surface area contributed by atoms with Crippen LogP contribution in [0.25, 0.3) is 11.3 Å². The fourth-order valence-electron chi connectivity index (χ4n) is 3.66. The summed E-state index contributed by atoms with van der Waals surface area (Å²) in [6, 6.07) is 13.6. The molecule has 4 rings (SSSR count). The Labute approximate surface area is 175 Å². The van der Waals surface area contributed by atoms with E-state index in [4.69, 9.17) is 0 Å². The molecule has 0 unspecified atom stereocenters. The molecule has 1 aliphatic heterocycles. The van der Waals surface area contributed by atoms with E-state index in [2.05, 4.69) is 20.5 Å². The van der Waals surface area contributed by atoms with E-state index >= 15 is 0 Å². The van der Waals surface area contributed by atoms with Crippen LogP contribution in [0.4, 0.5) is 0 Å². The number of rotatable bonds is 5. The third-order valence-electron chi connectivity index (χ3n) is 5.52. The first kappa shape index (κ1) is 19.8. The molecular weight excluding hydrogens is 378 g/mol. The summed E-state index contributed by atoms with van der Waals surface area (Å²) in [5, 5.41) is 10.1. The highest BCUT2D eigenvalue weighted by Crippen LogP contribution is 2.21. The lowest BCUT2D eigenvalue weighted by atomic mass is 9.95. The van der Waals surface area contributed by atoms with Crippen molar-refractivity contribution in [1.29, 1.82) is 0 Å². The molecule has 0 aliphatic carbocycles. The number of amides is 2. The van der Waals surface area contributed by atoms with E-state index in [-0.39, 0.29) is 17.7 Å². The highest BCUT2D eigenvalue weighted by atomic mass is 16.2. The number of nitrogens with one attached hydrogen (secondary N) is 2. The lowest BCUT2D eigenvalue weighted by Gasteiger charge is -2.31. The number of likely N-dealkylation sites (tertiary alicyclic amines) is 1. The first-order valence-corrected chi connectivity index (χ1v) is 10.2. The van der Waals surface area contributed by atoms with Crippen LogP contribution in [-0.2, 0) is 11.3 Å². The van der Waals surface area contributed by atoms with Crippen molar-refractivity contribution in [3.05, 3.63) is 71.7 Å². The average molecular weight is 403 g/mol. The monoisotopic (exact) mass is 403 g/mol. The molecule has 0 spiro atoms. The van der Waals surface area contributed by atoms with Gasteiger partial charge in [0.05, 0.1) is 5.69 Å². The molecule has 7 nitrogen and oxygen atoms in total. The van der Waals surface area contributed by atoms with Crippen molar-refractivity contribution in [3.63, 3.8) is 0 Å². The lowest BCUT2D eigenvalue weighted by molar-refractivity contribution is -0.126. The van der Waals surface area contributed by atoms with E-state index in [0.29, 0.717) is 43.9 Å². The first-order chi connectivity index (χ1) is 14.6. The normalized spacial score (nSPS) is 14.5. The second-order valence-corrected chi connectivity index (χ2v) is 7.67. The summed E-state index contributed by atoms with van der Waals surface area (Å²) in [6.45, 7) is 3.70. The van der Waals surface area contributed by atoms with Gasteiger partial charge in [-0.1, -0.05) is 29.8 Å². The van der Waals surface area contributed by atoms with Crippen LogP contribution in [0.2, 0.25) is 0 Å². The lowest BCUT2D eigenvalue weighted by Crippen LogP contribution is -2.43. The molecule has 0 atom stereocenters. The second-order valence-electron chi connectivity index (χ2n) is 7.67.